The van der Waals surface area contributed by atoms with Gasteiger partial charge in [-0.1, -0.05) is 29.8 Å². The van der Waals surface area contributed by atoms with E-state index in [1.807, 2.05) is 4.90 Å². The van der Waals surface area contributed by atoms with E-state index in [0.717, 1.165) is 12.1 Å². The number of hydrogen-bond donors (Lipinski definition) is 0. The summed E-state index contributed by atoms with van der Waals surface area (Å²) in [6.07, 6.45) is -4.40. The number of piperazine rings is 1. The largest absolute Gasteiger partial charge is 0.416 e. The SMILES string of the molecule is O=C(C1CSCN1C(=O)c1ccccc1Cl)N1CCN(c2cccc(C(F)(F)F)c2)CC1. The number of halogens is 4. The van der Waals surface area contributed by atoms with Gasteiger partial charge in [0.05, 0.1) is 22.0 Å². The zero-order valence-corrected chi connectivity index (χ0v) is 18.6. The Kier molecular flexibility index (Phi) is 6.57. The van der Waals surface area contributed by atoms with E-state index in [1.165, 1.54) is 17.8 Å². The first-order valence-electron chi connectivity index (χ1n) is 10.1. The van der Waals surface area contributed by atoms with Gasteiger partial charge in [-0.15, -0.1) is 11.8 Å². The lowest BCUT2D eigenvalue weighted by Crippen LogP contribution is -2.55. The van der Waals surface area contributed by atoms with Gasteiger partial charge in [-0.25, -0.2) is 0 Å². The molecule has 1 atom stereocenters. The van der Waals surface area contributed by atoms with Gasteiger partial charge in [0.2, 0.25) is 5.91 Å². The lowest BCUT2D eigenvalue weighted by Gasteiger charge is -2.38. The number of benzene rings is 2. The average Bonchev–Trinajstić information content (AvgIpc) is 3.28. The highest BCUT2D eigenvalue weighted by molar-refractivity contribution is 7.99. The van der Waals surface area contributed by atoms with Gasteiger partial charge < -0.3 is 14.7 Å². The molecule has 5 nitrogen and oxygen atoms in total. The van der Waals surface area contributed by atoms with Crippen molar-refractivity contribution in [2.75, 3.05) is 42.7 Å². The van der Waals surface area contributed by atoms with Crippen LogP contribution in [0.4, 0.5) is 18.9 Å². The van der Waals surface area contributed by atoms with Crippen molar-refractivity contribution in [1.29, 1.82) is 0 Å². The minimum absolute atomic E-state index is 0.140. The quantitative estimate of drug-likeness (QED) is 0.655. The normalized spacial score (nSPS) is 19.4. The van der Waals surface area contributed by atoms with Crippen molar-refractivity contribution in [2.45, 2.75) is 12.2 Å². The second kappa shape index (κ2) is 9.23. The fourth-order valence-corrected chi connectivity index (χ4v) is 5.27. The molecule has 0 bridgehead atoms. The number of alkyl halides is 3. The van der Waals surface area contributed by atoms with E-state index < -0.39 is 17.8 Å². The highest BCUT2D eigenvalue weighted by Crippen LogP contribution is 2.32. The third kappa shape index (κ3) is 4.68. The van der Waals surface area contributed by atoms with E-state index in [2.05, 4.69) is 0 Å². The topological polar surface area (TPSA) is 43.9 Å². The van der Waals surface area contributed by atoms with E-state index in [4.69, 9.17) is 11.6 Å². The van der Waals surface area contributed by atoms with Crippen LogP contribution in [0.2, 0.25) is 5.02 Å². The van der Waals surface area contributed by atoms with Crippen LogP contribution in [0.25, 0.3) is 0 Å². The molecular weight excluding hydrogens is 463 g/mol. The maximum absolute atomic E-state index is 13.2. The van der Waals surface area contributed by atoms with Gasteiger partial charge in [0, 0.05) is 37.6 Å². The molecule has 0 aromatic heterocycles. The van der Waals surface area contributed by atoms with Crippen molar-refractivity contribution < 1.29 is 22.8 Å². The van der Waals surface area contributed by atoms with Crippen molar-refractivity contribution in [1.82, 2.24) is 9.80 Å². The lowest BCUT2D eigenvalue weighted by atomic mass is 10.1. The molecule has 0 saturated carbocycles. The summed E-state index contributed by atoms with van der Waals surface area (Å²) in [6.45, 7) is 1.60. The van der Waals surface area contributed by atoms with Crippen LogP contribution < -0.4 is 4.90 Å². The van der Waals surface area contributed by atoms with Gasteiger partial charge in [-0.3, -0.25) is 9.59 Å². The second-order valence-corrected chi connectivity index (χ2v) is 9.04. The van der Waals surface area contributed by atoms with E-state index in [9.17, 15) is 22.8 Å². The average molecular weight is 484 g/mol. The Bertz CT molecular complexity index is 1010. The third-order valence-corrected chi connectivity index (χ3v) is 7.00. The monoisotopic (exact) mass is 483 g/mol. The first kappa shape index (κ1) is 22.8. The summed E-state index contributed by atoms with van der Waals surface area (Å²) in [6, 6.07) is 11.4. The predicted molar refractivity (Wildman–Crippen MR) is 119 cm³/mol. The molecule has 0 aliphatic carbocycles. The number of anilines is 1. The van der Waals surface area contributed by atoms with E-state index in [1.54, 1.807) is 40.1 Å². The van der Waals surface area contributed by atoms with Crippen LogP contribution in [0.15, 0.2) is 48.5 Å². The molecule has 0 N–H and O–H groups in total. The van der Waals surface area contributed by atoms with Crippen molar-refractivity contribution >= 4 is 40.9 Å². The molecule has 2 aromatic carbocycles. The zero-order chi connectivity index (χ0) is 22.9. The highest BCUT2D eigenvalue weighted by atomic mass is 35.5. The molecule has 0 spiro atoms. The summed E-state index contributed by atoms with van der Waals surface area (Å²) in [5, 5.41) is 0.343. The summed E-state index contributed by atoms with van der Waals surface area (Å²) < 4.78 is 39.0. The van der Waals surface area contributed by atoms with Crippen molar-refractivity contribution in [3.63, 3.8) is 0 Å². The molecule has 2 aliphatic heterocycles. The number of amides is 2. The molecule has 10 heteroatoms. The third-order valence-electron chi connectivity index (χ3n) is 5.66. The van der Waals surface area contributed by atoms with Crippen LogP contribution >= 0.6 is 23.4 Å². The van der Waals surface area contributed by atoms with Gasteiger partial charge in [-0.2, -0.15) is 13.2 Å². The van der Waals surface area contributed by atoms with Crippen LogP contribution in [0.5, 0.6) is 0 Å². The molecule has 2 saturated heterocycles. The predicted octanol–water partition coefficient (Wildman–Crippen LogP) is 4.22. The summed E-state index contributed by atoms with van der Waals surface area (Å²) in [5.41, 5.74) is 0.160. The number of rotatable bonds is 3. The van der Waals surface area contributed by atoms with Crippen molar-refractivity contribution in [3.05, 3.63) is 64.7 Å². The minimum atomic E-state index is -4.40. The molecule has 32 heavy (non-hydrogen) atoms. The molecule has 2 aromatic rings. The smallest absolute Gasteiger partial charge is 0.368 e. The van der Waals surface area contributed by atoms with Crippen LogP contribution in [0.1, 0.15) is 15.9 Å². The fraction of sp³-hybridized carbons (Fsp3) is 0.364. The van der Waals surface area contributed by atoms with Gasteiger partial charge in [0.15, 0.2) is 0 Å². The minimum Gasteiger partial charge on any atom is -0.368 e. The molecule has 4 rings (SSSR count). The fourth-order valence-electron chi connectivity index (χ4n) is 3.91. The van der Waals surface area contributed by atoms with E-state index in [0.29, 0.717) is 54.1 Å². The molecule has 2 heterocycles. The van der Waals surface area contributed by atoms with Gasteiger partial charge in [-0.05, 0) is 30.3 Å². The van der Waals surface area contributed by atoms with E-state index in [-0.39, 0.29) is 11.8 Å². The van der Waals surface area contributed by atoms with Crippen molar-refractivity contribution in [2.24, 2.45) is 0 Å². The van der Waals surface area contributed by atoms with Gasteiger partial charge in [0.1, 0.15) is 6.04 Å². The molecule has 2 fully saturated rings. The summed E-state index contributed by atoms with van der Waals surface area (Å²) in [5.74, 6) is 0.494. The Morgan fingerprint density at radius 2 is 1.72 bits per heavy atom. The van der Waals surface area contributed by atoms with Crippen LogP contribution in [0.3, 0.4) is 0 Å². The molecule has 2 amide bonds. The lowest BCUT2D eigenvalue weighted by molar-refractivity contribution is -0.137. The Morgan fingerprint density at radius 1 is 1.00 bits per heavy atom. The van der Waals surface area contributed by atoms with Crippen LogP contribution in [-0.2, 0) is 11.0 Å². The number of carbonyl (C=O) groups is 2. The zero-order valence-electron chi connectivity index (χ0n) is 17.0. The Balaban J connectivity index is 1.41. The van der Waals surface area contributed by atoms with Crippen molar-refractivity contribution in [3.8, 4) is 0 Å². The Morgan fingerprint density at radius 3 is 2.41 bits per heavy atom. The maximum atomic E-state index is 13.2. The molecule has 2 aliphatic rings. The first-order chi connectivity index (χ1) is 15.3. The summed E-state index contributed by atoms with van der Waals surface area (Å²) in [7, 11) is 0. The standard InChI is InChI=1S/C22H21ClF3N3O2S/c23-18-7-2-1-6-17(18)20(30)29-14-32-13-19(29)21(31)28-10-8-27(9-11-28)16-5-3-4-15(12-16)22(24,25)26/h1-7,12,19H,8-11,13-14H2. The second-order valence-electron chi connectivity index (χ2n) is 7.63. The Labute approximate surface area is 193 Å². The number of carbonyl (C=O) groups excluding carboxylic acids is 2. The Hall–Kier alpha value is -2.39. The van der Waals surface area contributed by atoms with E-state index >= 15 is 0 Å². The molecular formula is C22H21ClF3N3O2S. The first-order valence-corrected chi connectivity index (χ1v) is 11.6. The number of thioether (sulfide) groups is 1. The van der Waals surface area contributed by atoms with Crippen LogP contribution in [0, 0.1) is 0 Å². The summed E-state index contributed by atoms with van der Waals surface area (Å²) in [4.78, 5) is 31.2. The van der Waals surface area contributed by atoms with Crippen LogP contribution in [-0.4, -0.2) is 65.5 Å². The molecule has 1 unspecified atom stereocenters. The highest BCUT2D eigenvalue weighted by Gasteiger charge is 2.39. The van der Waals surface area contributed by atoms with Gasteiger partial charge in [0.25, 0.3) is 5.91 Å². The molecule has 170 valence electrons. The maximum Gasteiger partial charge on any atom is 0.416 e. The number of nitrogens with zero attached hydrogens (tertiary/aromatic N) is 3. The molecule has 0 radical (unpaired) electrons. The van der Waals surface area contributed by atoms with Gasteiger partial charge >= 0.3 is 6.18 Å². The number of hydrogen-bond acceptors (Lipinski definition) is 4. The summed E-state index contributed by atoms with van der Waals surface area (Å²) >= 11 is 7.67.